The molecule has 0 aromatic carbocycles. The highest BCUT2D eigenvalue weighted by molar-refractivity contribution is 5.75. The summed E-state index contributed by atoms with van der Waals surface area (Å²) in [5.41, 5.74) is 0. The quantitative estimate of drug-likeness (QED) is 0.559. The van der Waals surface area contributed by atoms with Crippen molar-refractivity contribution in [2.45, 2.75) is 86.5 Å². The summed E-state index contributed by atoms with van der Waals surface area (Å²) < 4.78 is 5.17. The summed E-state index contributed by atoms with van der Waals surface area (Å²) in [6.07, 6.45) is 8.50. The molecule has 1 heterocycles. The number of ether oxygens (including phenoxy) is 1. The van der Waals surface area contributed by atoms with Gasteiger partial charge in [0.25, 0.3) is 0 Å². The Balaban J connectivity index is 0.000000406. The second-order valence-electron chi connectivity index (χ2n) is 7.73. The lowest BCUT2D eigenvalue weighted by Gasteiger charge is -2.20. The van der Waals surface area contributed by atoms with Crippen LogP contribution in [-0.4, -0.2) is 19.0 Å². The zero-order valence-electron chi connectivity index (χ0n) is 16.0. The summed E-state index contributed by atoms with van der Waals surface area (Å²) in [6.45, 7) is 15.0. The Kier molecular flexibility index (Phi) is 12.9. The third-order valence-electron chi connectivity index (χ3n) is 4.63. The normalized spacial score (nSPS) is 17.3. The van der Waals surface area contributed by atoms with Crippen molar-refractivity contribution in [2.75, 3.05) is 13.2 Å². The standard InChI is InChI=1S/C12H26.C8H14O2/c1-6-7-12(11(4)5)9-8-10(2)3;1-7(9)6-8-2-4-10-5-3-8/h10-12H,6-9H2,1-5H3;8H,2-6H2,1H3. The van der Waals surface area contributed by atoms with Gasteiger partial charge in [-0.1, -0.05) is 53.9 Å². The van der Waals surface area contributed by atoms with Gasteiger partial charge in [0, 0.05) is 19.6 Å². The highest BCUT2D eigenvalue weighted by Crippen LogP contribution is 2.24. The summed E-state index contributed by atoms with van der Waals surface area (Å²) in [4.78, 5) is 10.7. The number of ketones is 1. The predicted molar refractivity (Wildman–Crippen MR) is 96.1 cm³/mol. The van der Waals surface area contributed by atoms with Crippen LogP contribution in [0, 0.1) is 23.7 Å². The van der Waals surface area contributed by atoms with Crippen LogP contribution >= 0.6 is 0 Å². The van der Waals surface area contributed by atoms with Crippen molar-refractivity contribution in [1.29, 1.82) is 0 Å². The first kappa shape index (κ1) is 21.6. The Morgan fingerprint density at radius 3 is 2.05 bits per heavy atom. The van der Waals surface area contributed by atoms with E-state index in [1.807, 2.05) is 0 Å². The Morgan fingerprint density at radius 2 is 1.64 bits per heavy atom. The molecule has 0 bridgehead atoms. The largest absolute Gasteiger partial charge is 0.381 e. The highest BCUT2D eigenvalue weighted by atomic mass is 16.5. The molecule has 22 heavy (non-hydrogen) atoms. The molecule has 1 fully saturated rings. The number of rotatable bonds is 8. The fourth-order valence-corrected chi connectivity index (χ4v) is 3.09. The van der Waals surface area contributed by atoms with Gasteiger partial charge in [-0.2, -0.15) is 0 Å². The lowest BCUT2D eigenvalue weighted by molar-refractivity contribution is -0.118. The van der Waals surface area contributed by atoms with Crippen molar-refractivity contribution >= 4 is 5.78 Å². The smallest absolute Gasteiger partial charge is 0.130 e. The molecule has 0 saturated carbocycles. The van der Waals surface area contributed by atoms with Crippen LogP contribution in [0.15, 0.2) is 0 Å². The van der Waals surface area contributed by atoms with Gasteiger partial charge < -0.3 is 9.53 Å². The third kappa shape index (κ3) is 12.2. The molecule has 0 spiro atoms. The first-order valence-electron chi connectivity index (χ1n) is 9.43. The molecule has 1 rings (SSSR count). The van der Waals surface area contributed by atoms with Gasteiger partial charge in [-0.3, -0.25) is 0 Å². The number of Topliss-reactive ketones (excluding diaryl/α,β-unsaturated/α-hetero) is 1. The average Bonchev–Trinajstić information content (AvgIpc) is 2.44. The van der Waals surface area contributed by atoms with E-state index in [1.54, 1.807) is 6.92 Å². The molecule has 0 aromatic rings. The molecule has 0 radical (unpaired) electrons. The molecule has 1 aliphatic rings. The van der Waals surface area contributed by atoms with Gasteiger partial charge in [-0.25, -0.2) is 0 Å². The number of hydrogen-bond donors (Lipinski definition) is 0. The van der Waals surface area contributed by atoms with Crippen LogP contribution in [0.25, 0.3) is 0 Å². The van der Waals surface area contributed by atoms with E-state index in [-0.39, 0.29) is 0 Å². The maximum Gasteiger partial charge on any atom is 0.130 e. The van der Waals surface area contributed by atoms with E-state index in [1.165, 1.54) is 25.7 Å². The number of hydrogen-bond acceptors (Lipinski definition) is 2. The van der Waals surface area contributed by atoms with E-state index in [9.17, 15) is 4.79 Å². The molecule has 0 aliphatic carbocycles. The fraction of sp³-hybridized carbons (Fsp3) is 0.950. The third-order valence-corrected chi connectivity index (χ3v) is 4.63. The average molecular weight is 313 g/mol. The van der Waals surface area contributed by atoms with Crippen LogP contribution in [0.2, 0.25) is 0 Å². The summed E-state index contributed by atoms with van der Waals surface area (Å²) in [5, 5.41) is 0. The Hall–Kier alpha value is -0.370. The molecule has 0 aromatic heterocycles. The van der Waals surface area contributed by atoms with Gasteiger partial charge in [0.05, 0.1) is 0 Å². The van der Waals surface area contributed by atoms with Crippen molar-refractivity contribution < 1.29 is 9.53 Å². The molecule has 2 heteroatoms. The molecule has 1 aliphatic heterocycles. The zero-order valence-corrected chi connectivity index (χ0v) is 16.0. The van der Waals surface area contributed by atoms with Crippen LogP contribution < -0.4 is 0 Å². The monoisotopic (exact) mass is 312 g/mol. The Labute approximate surface area is 139 Å². The van der Waals surface area contributed by atoms with Crippen molar-refractivity contribution in [1.82, 2.24) is 0 Å². The van der Waals surface area contributed by atoms with Gasteiger partial charge in [-0.05, 0) is 49.9 Å². The first-order chi connectivity index (χ1) is 10.4. The zero-order chi connectivity index (χ0) is 17.0. The van der Waals surface area contributed by atoms with E-state index in [2.05, 4.69) is 34.6 Å². The van der Waals surface area contributed by atoms with E-state index >= 15 is 0 Å². The van der Waals surface area contributed by atoms with Crippen LogP contribution in [-0.2, 0) is 9.53 Å². The summed E-state index contributed by atoms with van der Waals surface area (Å²) >= 11 is 0. The molecular weight excluding hydrogens is 272 g/mol. The first-order valence-corrected chi connectivity index (χ1v) is 9.43. The fourth-order valence-electron chi connectivity index (χ4n) is 3.09. The molecule has 0 amide bonds. The van der Waals surface area contributed by atoms with Crippen LogP contribution in [0.5, 0.6) is 0 Å². The lowest BCUT2D eigenvalue weighted by atomic mass is 9.85. The molecule has 1 saturated heterocycles. The van der Waals surface area contributed by atoms with Crippen LogP contribution in [0.4, 0.5) is 0 Å². The van der Waals surface area contributed by atoms with Crippen molar-refractivity contribution in [2.24, 2.45) is 23.7 Å². The minimum atomic E-state index is 0.312. The Morgan fingerprint density at radius 1 is 1.05 bits per heavy atom. The van der Waals surface area contributed by atoms with E-state index in [4.69, 9.17) is 4.74 Å². The highest BCUT2D eigenvalue weighted by Gasteiger charge is 2.14. The van der Waals surface area contributed by atoms with E-state index in [0.29, 0.717) is 11.7 Å². The molecule has 1 atom stereocenters. The van der Waals surface area contributed by atoms with Gasteiger partial charge in [0.2, 0.25) is 0 Å². The molecule has 1 unspecified atom stereocenters. The van der Waals surface area contributed by atoms with Crippen molar-refractivity contribution in [3.63, 3.8) is 0 Å². The van der Waals surface area contributed by atoms with Gasteiger partial charge in [0.15, 0.2) is 0 Å². The SMILES string of the molecule is CC(=O)CC1CCOCC1.CCCC(CCC(C)C)C(C)C. The second-order valence-corrected chi connectivity index (χ2v) is 7.73. The van der Waals surface area contributed by atoms with Gasteiger partial charge in [-0.15, -0.1) is 0 Å². The minimum Gasteiger partial charge on any atom is -0.381 e. The van der Waals surface area contributed by atoms with E-state index in [0.717, 1.165) is 50.2 Å². The van der Waals surface area contributed by atoms with Crippen LogP contribution in [0.3, 0.4) is 0 Å². The second kappa shape index (κ2) is 13.1. The number of carbonyl (C=O) groups excluding carboxylic acids is 1. The summed E-state index contributed by atoms with van der Waals surface area (Å²) in [7, 11) is 0. The molecule has 0 N–H and O–H groups in total. The maximum absolute atomic E-state index is 10.7. The molecule has 132 valence electrons. The van der Waals surface area contributed by atoms with Gasteiger partial charge >= 0.3 is 0 Å². The lowest BCUT2D eigenvalue weighted by Crippen LogP contribution is -2.17. The summed E-state index contributed by atoms with van der Waals surface area (Å²) in [5.74, 6) is 3.64. The van der Waals surface area contributed by atoms with Gasteiger partial charge in [0.1, 0.15) is 5.78 Å². The predicted octanol–water partition coefficient (Wildman–Crippen LogP) is 5.89. The van der Waals surface area contributed by atoms with E-state index < -0.39 is 0 Å². The van der Waals surface area contributed by atoms with Crippen LogP contribution in [0.1, 0.15) is 86.5 Å². The van der Waals surface area contributed by atoms with Crippen molar-refractivity contribution in [3.8, 4) is 0 Å². The Bertz CT molecular complexity index is 265. The number of carbonyl (C=O) groups is 1. The van der Waals surface area contributed by atoms with Crippen molar-refractivity contribution in [3.05, 3.63) is 0 Å². The maximum atomic E-state index is 10.7. The topological polar surface area (TPSA) is 26.3 Å². The minimum absolute atomic E-state index is 0.312. The summed E-state index contributed by atoms with van der Waals surface area (Å²) in [6, 6.07) is 0. The molecular formula is C20H40O2. The molecule has 2 nitrogen and oxygen atoms in total.